The zero-order valence-corrected chi connectivity index (χ0v) is 16.7. The SMILES string of the molecule is COc1ccc(C(=O)NCCNC(=O)c2ccc(N3CCCC3)c([N+](=O)[O-])c2)cc1. The molecule has 0 bridgehead atoms. The van der Waals surface area contributed by atoms with Crippen LogP contribution >= 0.6 is 0 Å². The van der Waals surface area contributed by atoms with Crippen molar-refractivity contribution in [3.63, 3.8) is 0 Å². The number of nitrogens with zero attached hydrogens (tertiary/aromatic N) is 2. The van der Waals surface area contributed by atoms with Crippen LogP contribution in [-0.2, 0) is 0 Å². The Balaban J connectivity index is 1.53. The van der Waals surface area contributed by atoms with Crippen molar-refractivity contribution in [2.45, 2.75) is 12.8 Å². The molecule has 2 N–H and O–H groups in total. The van der Waals surface area contributed by atoms with Gasteiger partial charge in [-0.25, -0.2) is 0 Å². The second kappa shape index (κ2) is 9.73. The molecule has 0 aliphatic carbocycles. The smallest absolute Gasteiger partial charge is 0.293 e. The summed E-state index contributed by atoms with van der Waals surface area (Å²) in [5, 5.41) is 16.8. The number of methoxy groups -OCH3 is 1. The Kier molecular flexibility index (Phi) is 6.84. The maximum Gasteiger partial charge on any atom is 0.293 e. The van der Waals surface area contributed by atoms with E-state index in [4.69, 9.17) is 4.74 Å². The number of nitro groups is 1. The predicted octanol–water partition coefficient (Wildman–Crippen LogP) is 2.36. The highest BCUT2D eigenvalue weighted by atomic mass is 16.6. The van der Waals surface area contributed by atoms with E-state index >= 15 is 0 Å². The number of rotatable bonds is 8. The molecule has 3 rings (SSSR count). The number of anilines is 1. The van der Waals surface area contributed by atoms with Gasteiger partial charge >= 0.3 is 0 Å². The highest BCUT2D eigenvalue weighted by Crippen LogP contribution is 2.31. The van der Waals surface area contributed by atoms with Crippen molar-refractivity contribution in [2.24, 2.45) is 0 Å². The van der Waals surface area contributed by atoms with Gasteiger partial charge < -0.3 is 20.3 Å². The summed E-state index contributed by atoms with van der Waals surface area (Å²) in [6.07, 6.45) is 2.00. The molecule has 1 heterocycles. The Morgan fingerprint density at radius 2 is 1.57 bits per heavy atom. The Hall–Kier alpha value is -3.62. The summed E-state index contributed by atoms with van der Waals surface area (Å²) in [6.45, 7) is 1.98. The molecule has 0 unspecified atom stereocenters. The number of amides is 2. The Morgan fingerprint density at radius 1 is 1.00 bits per heavy atom. The van der Waals surface area contributed by atoms with Gasteiger partial charge in [-0.15, -0.1) is 0 Å². The van der Waals surface area contributed by atoms with E-state index in [-0.39, 0.29) is 30.2 Å². The molecule has 1 aliphatic heterocycles. The first-order valence-corrected chi connectivity index (χ1v) is 9.73. The number of nitro benzene ring substituents is 1. The van der Waals surface area contributed by atoms with Crippen molar-refractivity contribution in [3.05, 3.63) is 63.7 Å². The molecule has 0 atom stereocenters. The van der Waals surface area contributed by atoms with Crippen LogP contribution in [0.1, 0.15) is 33.6 Å². The molecule has 0 spiro atoms. The van der Waals surface area contributed by atoms with Crippen LogP contribution in [0.15, 0.2) is 42.5 Å². The number of hydrogen-bond acceptors (Lipinski definition) is 6. The summed E-state index contributed by atoms with van der Waals surface area (Å²) in [5.41, 5.74) is 1.17. The molecule has 1 aliphatic rings. The topological polar surface area (TPSA) is 114 Å². The number of benzene rings is 2. The van der Waals surface area contributed by atoms with E-state index in [0.717, 1.165) is 25.9 Å². The third-order valence-electron chi connectivity index (χ3n) is 4.93. The fraction of sp³-hybridized carbons (Fsp3) is 0.333. The predicted molar refractivity (Wildman–Crippen MR) is 112 cm³/mol. The highest BCUT2D eigenvalue weighted by molar-refractivity contribution is 5.96. The molecule has 2 amide bonds. The summed E-state index contributed by atoms with van der Waals surface area (Å²) in [6, 6.07) is 11.2. The summed E-state index contributed by atoms with van der Waals surface area (Å²) < 4.78 is 5.05. The molecule has 2 aromatic rings. The van der Waals surface area contributed by atoms with Crippen LogP contribution in [-0.4, -0.2) is 50.0 Å². The average Bonchev–Trinajstić information content (AvgIpc) is 3.30. The fourth-order valence-corrected chi connectivity index (χ4v) is 3.33. The molecule has 1 fully saturated rings. The van der Waals surface area contributed by atoms with Crippen molar-refractivity contribution >= 4 is 23.2 Å². The van der Waals surface area contributed by atoms with Crippen molar-refractivity contribution < 1.29 is 19.2 Å². The summed E-state index contributed by atoms with van der Waals surface area (Å²) in [4.78, 5) is 37.4. The maximum absolute atomic E-state index is 12.4. The van der Waals surface area contributed by atoms with Gasteiger partial charge in [-0.3, -0.25) is 19.7 Å². The first-order chi connectivity index (χ1) is 14.5. The number of nitrogens with one attached hydrogen (secondary N) is 2. The lowest BCUT2D eigenvalue weighted by atomic mass is 10.1. The molecule has 0 aromatic heterocycles. The Morgan fingerprint density at radius 3 is 2.13 bits per heavy atom. The molecular weight excluding hydrogens is 388 g/mol. The van der Waals surface area contributed by atoms with Gasteiger partial charge in [-0.1, -0.05) is 0 Å². The number of carbonyl (C=O) groups is 2. The van der Waals surface area contributed by atoms with Gasteiger partial charge in [0.1, 0.15) is 11.4 Å². The standard InChI is InChI=1S/C21H24N4O5/c1-30-17-7-4-15(5-8-17)20(26)22-10-11-23-21(27)16-6-9-18(19(14-16)25(28)29)24-12-2-3-13-24/h4-9,14H,2-3,10-13H2,1H3,(H,22,26)(H,23,27). The minimum Gasteiger partial charge on any atom is -0.497 e. The Bertz CT molecular complexity index is 923. The highest BCUT2D eigenvalue weighted by Gasteiger charge is 2.23. The van der Waals surface area contributed by atoms with E-state index < -0.39 is 10.8 Å². The van der Waals surface area contributed by atoms with Crippen molar-refractivity contribution in [2.75, 3.05) is 38.2 Å². The van der Waals surface area contributed by atoms with E-state index in [1.165, 1.54) is 6.07 Å². The molecular formula is C21H24N4O5. The average molecular weight is 412 g/mol. The van der Waals surface area contributed by atoms with Crippen molar-refractivity contribution in [1.82, 2.24) is 10.6 Å². The van der Waals surface area contributed by atoms with Gasteiger partial charge in [0.2, 0.25) is 0 Å². The third-order valence-corrected chi connectivity index (χ3v) is 4.93. The maximum atomic E-state index is 12.4. The molecule has 0 radical (unpaired) electrons. The van der Waals surface area contributed by atoms with E-state index in [1.807, 2.05) is 4.90 Å². The first kappa shape index (κ1) is 21.1. The van der Waals surface area contributed by atoms with Gasteiger partial charge in [-0.05, 0) is 49.2 Å². The minimum absolute atomic E-state index is 0.0719. The van der Waals surface area contributed by atoms with Gasteiger partial charge in [0, 0.05) is 43.4 Å². The van der Waals surface area contributed by atoms with Gasteiger partial charge in [-0.2, -0.15) is 0 Å². The van der Waals surface area contributed by atoms with Crippen LogP contribution in [0.2, 0.25) is 0 Å². The normalized spacial score (nSPS) is 13.0. The molecule has 158 valence electrons. The summed E-state index contributed by atoms with van der Waals surface area (Å²) in [5.74, 6) is -0.0362. The second-order valence-corrected chi connectivity index (χ2v) is 6.90. The van der Waals surface area contributed by atoms with Crippen molar-refractivity contribution in [3.8, 4) is 5.75 Å². The number of ether oxygens (including phenoxy) is 1. The van der Waals surface area contributed by atoms with Crippen molar-refractivity contribution in [1.29, 1.82) is 0 Å². The molecule has 9 nitrogen and oxygen atoms in total. The molecule has 1 saturated heterocycles. The van der Waals surface area contributed by atoms with Crippen LogP contribution in [0, 0.1) is 10.1 Å². The number of carbonyl (C=O) groups excluding carboxylic acids is 2. The monoisotopic (exact) mass is 412 g/mol. The molecule has 9 heteroatoms. The third kappa shape index (κ3) is 5.05. The zero-order valence-electron chi connectivity index (χ0n) is 16.7. The van der Waals surface area contributed by atoms with Crippen LogP contribution in [0.25, 0.3) is 0 Å². The van der Waals surface area contributed by atoms with E-state index in [1.54, 1.807) is 43.5 Å². The molecule has 30 heavy (non-hydrogen) atoms. The van der Waals surface area contributed by atoms with Crippen LogP contribution < -0.4 is 20.3 Å². The lowest BCUT2D eigenvalue weighted by Gasteiger charge is -2.17. The van der Waals surface area contributed by atoms with Crippen LogP contribution in [0.5, 0.6) is 5.75 Å². The lowest BCUT2D eigenvalue weighted by Crippen LogP contribution is -2.34. The fourth-order valence-electron chi connectivity index (χ4n) is 3.33. The lowest BCUT2D eigenvalue weighted by molar-refractivity contribution is -0.384. The molecule has 2 aromatic carbocycles. The molecule has 0 saturated carbocycles. The first-order valence-electron chi connectivity index (χ1n) is 9.73. The number of hydrogen-bond donors (Lipinski definition) is 2. The largest absolute Gasteiger partial charge is 0.497 e. The van der Waals surface area contributed by atoms with Crippen LogP contribution in [0.4, 0.5) is 11.4 Å². The summed E-state index contributed by atoms with van der Waals surface area (Å²) >= 11 is 0. The van der Waals surface area contributed by atoms with Gasteiger partial charge in [0.05, 0.1) is 12.0 Å². The van der Waals surface area contributed by atoms with Gasteiger partial charge in [0.15, 0.2) is 0 Å². The van der Waals surface area contributed by atoms with Crippen LogP contribution in [0.3, 0.4) is 0 Å². The Labute approximate surface area is 174 Å². The van der Waals surface area contributed by atoms with E-state index in [2.05, 4.69) is 10.6 Å². The summed E-state index contributed by atoms with van der Waals surface area (Å²) in [7, 11) is 1.55. The zero-order chi connectivity index (χ0) is 21.5. The van der Waals surface area contributed by atoms with E-state index in [0.29, 0.717) is 17.0 Å². The second-order valence-electron chi connectivity index (χ2n) is 6.90. The minimum atomic E-state index is -0.459. The van der Waals surface area contributed by atoms with E-state index in [9.17, 15) is 19.7 Å². The quantitative estimate of drug-likeness (QED) is 0.391. The van der Waals surface area contributed by atoms with Gasteiger partial charge in [0.25, 0.3) is 17.5 Å².